The molecule has 3 saturated carbocycles. The molecule has 6 rings (SSSR count). The van der Waals surface area contributed by atoms with Crippen molar-refractivity contribution in [2.75, 3.05) is 5.32 Å². The van der Waals surface area contributed by atoms with Crippen LogP contribution in [0.15, 0.2) is 36.0 Å². The summed E-state index contributed by atoms with van der Waals surface area (Å²) in [4.78, 5) is 28.4. The molecule has 1 heterocycles. The molecule has 176 valence electrons. The van der Waals surface area contributed by atoms with Crippen LogP contribution in [0.5, 0.6) is 0 Å². The van der Waals surface area contributed by atoms with E-state index in [4.69, 9.17) is 11.6 Å². The van der Waals surface area contributed by atoms with Crippen molar-refractivity contribution in [3.8, 4) is 0 Å². The number of carbonyl (C=O) groups excluding carboxylic acids is 2. The first-order valence-electron chi connectivity index (χ1n) is 12.9. The number of nitrogens with zero attached hydrogens (tertiary/aromatic N) is 1. The molecule has 4 nitrogen and oxygen atoms in total. The topological polar surface area (TPSA) is 49.4 Å². The Morgan fingerprint density at radius 1 is 1.09 bits per heavy atom. The molecule has 5 aliphatic rings. The van der Waals surface area contributed by atoms with Crippen molar-refractivity contribution in [1.82, 2.24) is 4.90 Å². The first kappa shape index (κ1) is 21.7. The van der Waals surface area contributed by atoms with E-state index in [9.17, 15) is 9.59 Å². The van der Waals surface area contributed by atoms with Gasteiger partial charge in [0.05, 0.1) is 0 Å². The summed E-state index contributed by atoms with van der Waals surface area (Å²) < 4.78 is 0. The molecule has 6 atom stereocenters. The first-order chi connectivity index (χ1) is 15.8. The van der Waals surface area contributed by atoms with E-state index >= 15 is 0 Å². The van der Waals surface area contributed by atoms with E-state index in [0.717, 1.165) is 50.6 Å². The van der Waals surface area contributed by atoms with Crippen LogP contribution >= 0.6 is 11.6 Å². The molecule has 0 bridgehead atoms. The Hall–Kier alpha value is -1.81. The number of nitrogens with one attached hydrogen (secondary N) is 1. The van der Waals surface area contributed by atoms with E-state index in [1.165, 1.54) is 12.1 Å². The minimum atomic E-state index is 0.0478. The van der Waals surface area contributed by atoms with Crippen molar-refractivity contribution in [3.63, 3.8) is 0 Å². The van der Waals surface area contributed by atoms with E-state index < -0.39 is 0 Å². The third-order valence-electron chi connectivity index (χ3n) is 10.1. The van der Waals surface area contributed by atoms with Gasteiger partial charge in [0, 0.05) is 40.2 Å². The van der Waals surface area contributed by atoms with Crippen molar-refractivity contribution in [2.24, 2.45) is 34.5 Å². The highest BCUT2D eigenvalue weighted by molar-refractivity contribution is 6.30. The van der Waals surface area contributed by atoms with Crippen molar-refractivity contribution in [3.05, 3.63) is 41.1 Å². The number of benzene rings is 1. The van der Waals surface area contributed by atoms with Gasteiger partial charge in [-0.3, -0.25) is 9.59 Å². The molecule has 0 unspecified atom stereocenters. The number of hydrogen-bond donors (Lipinski definition) is 1. The lowest BCUT2D eigenvalue weighted by Gasteiger charge is -2.58. The highest BCUT2D eigenvalue weighted by atomic mass is 35.5. The lowest BCUT2D eigenvalue weighted by molar-refractivity contribution is -0.139. The number of fused-ring (bicyclic) bond motifs is 5. The molecule has 5 heteroatoms. The zero-order chi connectivity index (χ0) is 23.0. The minimum absolute atomic E-state index is 0.0478. The van der Waals surface area contributed by atoms with Crippen molar-refractivity contribution in [1.29, 1.82) is 0 Å². The molecule has 1 saturated heterocycles. The van der Waals surface area contributed by atoms with Crippen LogP contribution in [-0.4, -0.2) is 22.8 Å². The summed E-state index contributed by atoms with van der Waals surface area (Å²) in [6.07, 6.45) is 11.9. The van der Waals surface area contributed by atoms with E-state index in [0.29, 0.717) is 41.1 Å². The number of rotatable bonds is 3. The molecule has 4 aliphatic carbocycles. The van der Waals surface area contributed by atoms with Crippen LogP contribution in [0, 0.1) is 34.5 Å². The number of halogens is 1. The molecule has 1 aromatic rings. The van der Waals surface area contributed by atoms with Gasteiger partial charge in [-0.1, -0.05) is 37.6 Å². The number of likely N-dealkylation sites (tertiary alicyclic amines) is 1. The smallest absolute Gasteiger partial charge is 0.228 e. The standard InChI is InChI=1S/C28H35ClN2O2/c1-27-14-12-22-20(8-11-24-28(22,2)15-13-25(32)31(24)19-6-7-19)21(27)9-10-23(27)26(33)30-18-5-3-4-17(29)16-18/h3-5,11,16,19-23H,6-10,12-15H2,1-2H3,(H,30,33)/t20-,21-,22-,23+,27-,28+/m0/s1. The Bertz CT molecular complexity index is 1030. The molecule has 2 amide bonds. The van der Waals surface area contributed by atoms with Crippen LogP contribution in [0.4, 0.5) is 5.69 Å². The van der Waals surface area contributed by atoms with Crippen LogP contribution < -0.4 is 5.32 Å². The third kappa shape index (κ3) is 3.31. The molecular weight excluding hydrogens is 432 g/mol. The maximum absolute atomic E-state index is 13.4. The fourth-order valence-electron chi connectivity index (χ4n) is 8.35. The van der Waals surface area contributed by atoms with Gasteiger partial charge in [0.15, 0.2) is 0 Å². The van der Waals surface area contributed by atoms with Gasteiger partial charge in [0.1, 0.15) is 0 Å². The van der Waals surface area contributed by atoms with Gasteiger partial charge < -0.3 is 10.2 Å². The fourth-order valence-corrected chi connectivity index (χ4v) is 8.54. The van der Waals surface area contributed by atoms with Gasteiger partial charge in [-0.05, 0) is 92.7 Å². The number of anilines is 1. The zero-order valence-electron chi connectivity index (χ0n) is 19.8. The summed E-state index contributed by atoms with van der Waals surface area (Å²) in [5, 5.41) is 3.80. The number of carbonyl (C=O) groups is 2. The minimum Gasteiger partial charge on any atom is -0.326 e. The third-order valence-corrected chi connectivity index (χ3v) is 10.4. The molecule has 1 aromatic carbocycles. The summed E-state index contributed by atoms with van der Waals surface area (Å²) >= 11 is 6.13. The van der Waals surface area contributed by atoms with Gasteiger partial charge in [-0.15, -0.1) is 0 Å². The molecule has 33 heavy (non-hydrogen) atoms. The van der Waals surface area contributed by atoms with Crippen LogP contribution in [0.25, 0.3) is 0 Å². The van der Waals surface area contributed by atoms with Gasteiger partial charge >= 0.3 is 0 Å². The Labute approximate surface area is 202 Å². The highest BCUT2D eigenvalue weighted by Gasteiger charge is 2.61. The average molecular weight is 467 g/mol. The number of hydrogen-bond acceptors (Lipinski definition) is 2. The molecule has 4 fully saturated rings. The molecule has 0 aromatic heterocycles. The monoisotopic (exact) mass is 466 g/mol. The quantitative estimate of drug-likeness (QED) is 0.559. The number of amides is 2. The number of allylic oxidation sites excluding steroid dienone is 2. The largest absolute Gasteiger partial charge is 0.326 e. The van der Waals surface area contributed by atoms with E-state index in [1.54, 1.807) is 0 Å². The summed E-state index contributed by atoms with van der Waals surface area (Å²) in [7, 11) is 0. The van der Waals surface area contributed by atoms with Crippen LogP contribution in [0.1, 0.15) is 71.6 Å². The second-order valence-corrected chi connectivity index (χ2v) is 12.2. The van der Waals surface area contributed by atoms with Crippen LogP contribution in [0.3, 0.4) is 0 Å². The lowest BCUT2D eigenvalue weighted by Crippen LogP contribution is -2.55. The normalized spacial score (nSPS) is 39.9. The average Bonchev–Trinajstić information content (AvgIpc) is 3.54. The Morgan fingerprint density at radius 3 is 2.67 bits per heavy atom. The highest BCUT2D eigenvalue weighted by Crippen LogP contribution is 2.66. The van der Waals surface area contributed by atoms with E-state index in [1.807, 2.05) is 24.3 Å². The summed E-state index contributed by atoms with van der Waals surface area (Å²) in [6, 6.07) is 7.92. The van der Waals surface area contributed by atoms with E-state index in [-0.39, 0.29) is 22.7 Å². The lowest BCUT2D eigenvalue weighted by atomic mass is 9.49. The Kier molecular flexibility index (Phi) is 5.00. The Balaban J connectivity index is 1.25. The van der Waals surface area contributed by atoms with Crippen LogP contribution in [0.2, 0.25) is 5.02 Å². The first-order valence-corrected chi connectivity index (χ1v) is 13.3. The van der Waals surface area contributed by atoms with E-state index in [2.05, 4.69) is 30.1 Å². The second kappa shape index (κ2) is 7.60. The van der Waals surface area contributed by atoms with Crippen molar-refractivity contribution < 1.29 is 9.59 Å². The molecule has 0 spiro atoms. The van der Waals surface area contributed by atoms with Gasteiger partial charge in [-0.25, -0.2) is 0 Å². The molecule has 1 aliphatic heterocycles. The summed E-state index contributed by atoms with van der Waals surface area (Å²) in [5.74, 6) is 2.38. The summed E-state index contributed by atoms with van der Waals surface area (Å²) in [5.41, 5.74) is 2.30. The molecular formula is C28H35ClN2O2. The molecule has 1 N–H and O–H groups in total. The maximum atomic E-state index is 13.4. The van der Waals surface area contributed by atoms with Gasteiger partial charge in [-0.2, -0.15) is 0 Å². The zero-order valence-corrected chi connectivity index (χ0v) is 20.5. The van der Waals surface area contributed by atoms with Crippen LogP contribution in [-0.2, 0) is 9.59 Å². The Morgan fingerprint density at radius 2 is 1.91 bits per heavy atom. The van der Waals surface area contributed by atoms with Crippen molar-refractivity contribution in [2.45, 2.75) is 77.7 Å². The molecule has 0 radical (unpaired) electrons. The maximum Gasteiger partial charge on any atom is 0.228 e. The van der Waals surface area contributed by atoms with Gasteiger partial charge in [0.2, 0.25) is 11.8 Å². The number of piperidine rings is 1. The SMILES string of the molecule is C[C@]12CC[C@H]3[C@@H](CC=C4N(C5CC5)C(=O)CC[C@@]43C)[C@@H]1CC[C@@H]2C(=O)Nc1cccc(Cl)c1. The fraction of sp³-hybridized carbons (Fsp3) is 0.643. The van der Waals surface area contributed by atoms with Gasteiger partial charge in [0.25, 0.3) is 0 Å². The predicted molar refractivity (Wildman–Crippen MR) is 131 cm³/mol. The predicted octanol–water partition coefficient (Wildman–Crippen LogP) is 6.42. The van der Waals surface area contributed by atoms with Crippen molar-refractivity contribution >= 4 is 29.1 Å². The second-order valence-electron chi connectivity index (χ2n) is 11.8. The summed E-state index contributed by atoms with van der Waals surface area (Å²) in [6.45, 7) is 4.82.